The highest BCUT2D eigenvalue weighted by Crippen LogP contribution is 2.44. The summed E-state index contributed by atoms with van der Waals surface area (Å²) in [5.41, 5.74) is 7.45. The summed E-state index contributed by atoms with van der Waals surface area (Å²) in [6.45, 7) is 0. The second-order valence-electron chi connectivity index (χ2n) is 6.20. The van der Waals surface area contributed by atoms with E-state index in [1.165, 1.54) is 6.33 Å². The molecular formula is C16H18Cl2N6O. The SMILES string of the molecule is CN1c2cc(Nc3cc(N)ncn3)cc(Cl)c2C(=O)NC12CCC2.Cl. The molecule has 0 bridgehead atoms. The summed E-state index contributed by atoms with van der Waals surface area (Å²) in [5.74, 6) is 0.826. The number of carbonyl (C=O) groups is 1. The van der Waals surface area contributed by atoms with Crippen LogP contribution in [0.3, 0.4) is 0 Å². The van der Waals surface area contributed by atoms with Gasteiger partial charge in [0.1, 0.15) is 23.6 Å². The number of nitrogens with zero attached hydrogens (tertiary/aromatic N) is 3. The van der Waals surface area contributed by atoms with E-state index in [-0.39, 0.29) is 24.0 Å². The smallest absolute Gasteiger partial charge is 0.256 e. The Hall–Kier alpha value is -2.25. The van der Waals surface area contributed by atoms with E-state index in [1.807, 2.05) is 13.1 Å². The average molecular weight is 381 g/mol. The van der Waals surface area contributed by atoms with Crippen LogP contribution in [0, 0.1) is 0 Å². The van der Waals surface area contributed by atoms with Gasteiger partial charge in [0.25, 0.3) is 5.91 Å². The first kappa shape index (κ1) is 17.6. The Kier molecular flexibility index (Phi) is 4.38. The minimum Gasteiger partial charge on any atom is -0.384 e. The number of halogens is 2. The molecule has 2 aliphatic rings. The third-order valence-electron chi connectivity index (χ3n) is 4.79. The van der Waals surface area contributed by atoms with E-state index in [4.69, 9.17) is 17.3 Å². The summed E-state index contributed by atoms with van der Waals surface area (Å²) in [6, 6.07) is 5.26. The van der Waals surface area contributed by atoms with E-state index >= 15 is 0 Å². The number of rotatable bonds is 2. The third-order valence-corrected chi connectivity index (χ3v) is 5.09. The fourth-order valence-corrected chi connectivity index (χ4v) is 3.60. The lowest BCUT2D eigenvalue weighted by molar-refractivity contribution is 0.0803. The first-order valence-electron chi connectivity index (χ1n) is 7.73. The number of hydrogen-bond donors (Lipinski definition) is 3. The molecule has 1 spiro atoms. The molecule has 1 saturated carbocycles. The third kappa shape index (κ3) is 2.83. The summed E-state index contributed by atoms with van der Waals surface area (Å²) in [5, 5.41) is 6.66. The number of amides is 1. The number of nitrogens with two attached hydrogens (primary N) is 1. The van der Waals surface area contributed by atoms with Gasteiger partial charge in [-0.25, -0.2) is 9.97 Å². The zero-order valence-corrected chi connectivity index (χ0v) is 15.1. The van der Waals surface area contributed by atoms with E-state index in [0.717, 1.165) is 30.6 Å². The largest absolute Gasteiger partial charge is 0.384 e. The lowest BCUT2D eigenvalue weighted by Gasteiger charge is -2.53. The van der Waals surface area contributed by atoms with Crippen molar-refractivity contribution in [3.8, 4) is 0 Å². The quantitative estimate of drug-likeness (QED) is 0.740. The summed E-state index contributed by atoms with van der Waals surface area (Å²) in [7, 11) is 1.99. The van der Waals surface area contributed by atoms with Crippen LogP contribution in [0.1, 0.15) is 29.6 Å². The van der Waals surface area contributed by atoms with Crippen LogP contribution in [0.25, 0.3) is 0 Å². The molecule has 0 atom stereocenters. The molecule has 4 rings (SSSR count). The van der Waals surface area contributed by atoms with Gasteiger partial charge < -0.3 is 21.3 Å². The van der Waals surface area contributed by atoms with E-state index in [9.17, 15) is 4.79 Å². The molecule has 132 valence electrons. The van der Waals surface area contributed by atoms with Gasteiger partial charge in [-0.2, -0.15) is 0 Å². The van der Waals surface area contributed by atoms with Crippen molar-refractivity contribution in [2.24, 2.45) is 0 Å². The maximum atomic E-state index is 12.5. The number of fused-ring (bicyclic) bond motifs is 1. The number of nitrogen functional groups attached to an aromatic ring is 1. The van der Waals surface area contributed by atoms with Gasteiger partial charge >= 0.3 is 0 Å². The fourth-order valence-electron chi connectivity index (χ4n) is 3.30. The van der Waals surface area contributed by atoms with Crippen molar-refractivity contribution in [1.29, 1.82) is 0 Å². The minimum absolute atomic E-state index is 0. The second-order valence-corrected chi connectivity index (χ2v) is 6.61. The van der Waals surface area contributed by atoms with Crippen molar-refractivity contribution >= 4 is 52.9 Å². The number of hydrogen-bond acceptors (Lipinski definition) is 6. The van der Waals surface area contributed by atoms with Crippen LogP contribution in [0.2, 0.25) is 5.02 Å². The van der Waals surface area contributed by atoms with E-state index < -0.39 is 0 Å². The molecule has 1 fully saturated rings. The van der Waals surface area contributed by atoms with Crippen molar-refractivity contribution in [2.75, 3.05) is 23.0 Å². The van der Waals surface area contributed by atoms with Crippen molar-refractivity contribution in [3.05, 3.63) is 35.1 Å². The van der Waals surface area contributed by atoms with Crippen LogP contribution in [0.4, 0.5) is 23.0 Å². The number of benzene rings is 1. The summed E-state index contributed by atoms with van der Waals surface area (Å²) >= 11 is 6.37. The maximum absolute atomic E-state index is 12.5. The Labute approximate surface area is 156 Å². The van der Waals surface area contributed by atoms with Gasteiger partial charge in [0.15, 0.2) is 0 Å². The Bertz CT molecular complexity index is 839. The van der Waals surface area contributed by atoms with E-state index in [1.54, 1.807) is 12.1 Å². The van der Waals surface area contributed by atoms with Gasteiger partial charge in [0.05, 0.1) is 16.3 Å². The number of aromatic nitrogens is 2. The molecule has 2 aromatic rings. The molecule has 9 heteroatoms. The van der Waals surface area contributed by atoms with Gasteiger partial charge in [0.2, 0.25) is 0 Å². The molecule has 0 radical (unpaired) electrons. The monoisotopic (exact) mass is 380 g/mol. The molecule has 2 heterocycles. The molecule has 25 heavy (non-hydrogen) atoms. The van der Waals surface area contributed by atoms with Crippen LogP contribution in [-0.2, 0) is 0 Å². The van der Waals surface area contributed by atoms with E-state index in [2.05, 4.69) is 25.5 Å². The van der Waals surface area contributed by atoms with Crippen LogP contribution in [0.15, 0.2) is 24.5 Å². The van der Waals surface area contributed by atoms with Crippen molar-refractivity contribution in [2.45, 2.75) is 24.9 Å². The molecule has 1 aromatic heterocycles. The molecule has 1 amide bonds. The summed E-state index contributed by atoms with van der Waals surface area (Å²) in [6.07, 6.45) is 4.37. The highest BCUT2D eigenvalue weighted by molar-refractivity contribution is 6.35. The first-order valence-corrected chi connectivity index (χ1v) is 8.11. The normalized spacial score (nSPS) is 17.2. The number of anilines is 4. The molecule has 7 nitrogen and oxygen atoms in total. The Morgan fingerprint density at radius 2 is 2.08 bits per heavy atom. The highest BCUT2D eigenvalue weighted by Gasteiger charge is 2.47. The Morgan fingerprint density at radius 3 is 2.72 bits per heavy atom. The van der Waals surface area contributed by atoms with Crippen LogP contribution >= 0.6 is 24.0 Å². The molecular weight excluding hydrogens is 363 g/mol. The second kappa shape index (κ2) is 6.24. The van der Waals surface area contributed by atoms with Gasteiger partial charge in [0, 0.05) is 18.8 Å². The lowest BCUT2D eigenvalue weighted by Crippen LogP contribution is -2.66. The number of carbonyl (C=O) groups excluding carboxylic acids is 1. The first-order chi connectivity index (χ1) is 11.5. The van der Waals surface area contributed by atoms with Gasteiger partial charge in [-0.05, 0) is 31.4 Å². The van der Waals surface area contributed by atoms with Crippen molar-refractivity contribution in [3.63, 3.8) is 0 Å². The highest BCUT2D eigenvalue weighted by atomic mass is 35.5. The average Bonchev–Trinajstić information content (AvgIpc) is 2.48. The van der Waals surface area contributed by atoms with Gasteiger partial charge in [-0.15, -0.1) is 12.4 Å². The summed E-state index contributed by atoms with van der Waals surface area (Å²) in [4.78, 5) is 22.6. The van der Waals surface area contributed by atoms with Crippen LogP contribution < -0.4 is 21.3 Å². The molecule has 0 unspecified atom stereocenters. The predicted octanol–water partition coefficient (Wildman–Crippen LogP) is 2.94. The molecule has 1 aliphatic heterocycles. The lowest BCUT2D eigenvalue weighted by atomic mass is 9.81. The molecule has 0 saturated heterocycles. The van der Waals surface area contributed by atoms with Gasteiger partial charge in [-0.1, -0.05) is 11.6 Å². The maximum Gasteiger partial charge on any atom is 0.256 e. The predicted molar refractivity (Wildman–Crippen MR) is 101 cm³/mol. The van der Waals surface area contributed by atoms with Gasteiger partial charge in [-0.3, -0.25) is 4.79 Å². The van der Waals surface area contributed by atoms with E-state index in [0.29, 0.717) is 22.2 Å². The standard InChI is InChI=1S/C16H17ClN6O.ClH/c1-23-11-6-9(21-13-7-12(18)19-8-20-13)5-10(17)14(11)15(24)22-16(23)3-2-4-16;/h5-8H,2-4H2,1H3,(H,22,24)(H3,18,19,20,21);1H. The Morgan fingerprint density at radius 1 is 1.32 bits per heavy atom. The topological polar surface area (TPSA) is 96.2 Å². The minimum atomic E-state index is -0.286. The molecule has 1 aromatic carbocycles. The molecule has 4 N–H and O–H groups in total. The summed E-state index contributed by atoms with van der Waals surface area (Å²) < 4.78 is 0. The van der Waals surface area contributed by atoms with Crippen LogP contribution in [0.5, 0.6) is 0 Å². The van der Waals surface area contributed by atoms with Crippen molar-refractivity contribution < 1.29 is 4.79 Å². The Balaban J connectivity index is 0.00000182. The van der Waals surface area contributed by atoms with Crippen LogP contribution in [-0.4, -0.2) is 28.6 Å². The van der Waals surface area contributed by atoms with Crippen molar-refractivity contribution in [1.82, 2.24) is 15.3 Å². The number of nitrogens with one attached hydrogen (secondary N) is 2. The molecule has 1 aliphatic carbocycles. The zero-order chi connectivity index (χ0) is 16.9. The fraction of sp³-hybridized carbons (Fsp3) is 0.312. The zero-order valence-electron chi connectivity index (χ0n) is 13.5.